The van der Waals surface area contributed by atoms with Crippen LogP contribution in [0.1, 0.15) is 32.6 Å². The van der Waals surface area contributed by atoms with Gasteiger partial charge in [-0.3, -0.25) is 9.78 Å². The molecule has 3 saturated carbocycles. The summed E-state index contributed by atoms with van der Waals surface area (Å²) in [4.78, 5) is 38.1. The van der Waals surface area contributed by atoms with Crippen LogP contribution in [-0.2, 0) is 9.53 Å². The maximum atomic E-state index is 16.0. The van der Waals surface area contributed by atoms with E-state index in [4.69, 9.17) is 16.3 Å². The number of esters is 1. The lowest BCUT2D eigenvalue weighted by Gasteiger charge is -2.47. The standard InChI is InChI=1S/C26H25ClFN7O2/c1-2-37-26(36)18-13-6-8-14(9-7-13)20(18)33-24-19(28)22(16-5-3-4-10-29-16)34-23(35-24)15-11-30-25-21(15)32-17(27)12-31-25/h3-5,10-14,18,20H,2,6-9H2,1H3,(H,30,31)(H,33,34,35)/t13?,14?,18-,20-/m0/s1. The molecule has 9 nitrogen and oxygen atoms in total. The van der Waals surface area contributed by atoms with Gasteiger partial charge in [-0.25, -0.2) is 24.3 Å². The fraction of sp³-hybridized carbons (Fsp3) is 0.385. The number of carbonyl (C=O) groups is 1. The summed E-state index contributed by atoms with van der Waals surface area (Å²) in [5, 5.41) is 3.53. The van der Waals surface area contributed by atoms with Gasteiger partial charge in [0, 0.05) is 18.4 Å². The summed E-state index contributed by atoms with van der Waals surface area (Å²) in [7, 11) is 0. The highest BCUT2D eigenvalue weighted by Crippen LogP contribution is 2.47. The molecule has 7 rings (SSSR count). The minimum Gasteiger partial charge on any atom is -0.466 e. The van der Waals surface area contributed by atoms with Crippen LogP contribution in [0.25, 0.3) is 33.9 Å². The van der Waals surface area contributed by atoms with Crippen molar-refractivity contribution in [1.82, 2.24) is 29.9 Å². The summed E-state index contributed by atoms with van der Waals surface area (Å²) in [6.07, 6.45) is 8.58. The van der Waals surface area contributed by atoms with Gasteiger partial charge < -0.3 is 15.0 Å². The van der Waals surface area contributed by atoms with Crippen molar-refractivity contribution < 1.29 is 13.9 Å². The largest absolute Gasteiger partial charge is 0.466 e. The van der Waals surface area contributed by atoms with E-state index in [0.717, 1.165) is 25.7 Å². The second kappa shape index (κ2) is 9.66. The third kappa shape index (κ3) is 4.29. The molecule has 37 heavy (non-hydrogen) atoms. The van der Waals surface area contributed by atoms with E-state index in [9.17, 15) is 4.79 Å². The van der Waals surface area contributed by atoms with Gasteiger partial charge in [-0.05, 0) is 56.6 Å². The van der Waals surface area contributed by atoms with Crippen molar-refractivity contribution in [1.29, 1.82) is 0 Å². The molecular formula is C26H25ClFN7O2. The zero-order valence-corrected chi connectivity index (χ0v) is 20.9. The summed E-state index contributed by atoms with van der Waals surface area (Å²) < 4.78 is 21.5. The molecule has 0 spiro atoms. The van der Waals surface area contributed by atoms with E-state index < -0.39 is 5.82 Å². The fourth-order valence-corrected chi connectivity index (χ4v) is 5.90. The number of rotatable bonds is 6. The lowest BCUT2D eigenvalue weighted by molar-refractivity contribution is -0.154. The predicted molar refractivity (Wildman–Crippen MR) is 136 cm³/mol. The lowest BCUT2D eigenvalue weighted by atomic mass is 9.61. The van der Waals surface area contributed by atoms with Crippen LogP contribution in [0.2, 0.25) is 5.15 Å². The first-order chi connectivity index (χ1) is 18.0. The molecule has 3 aliphatic carbocycles. The SMILES string of the molecule is CCOC(=O)[C@H]1C2CCC(CC2)[C@@H]1Nc1nc(-c2c[nH]c3ncc(Cl)nc23)nc(-c2ccccn2)c1F. The van der Waals surface area contributed by atoms with Crippen LogP contribution in [0, 0.1) is 23.6 Å². The van der Waals surface area contributed by atoms with Crippen molar-refractivity contribution in [3.05, 3.63) is 47.8 Å². The Labute approximate surface area is 217 Å². The van der Waals surface area contributed by atoms with Gasteiger partial charge in [0.05, 0.1) is 30.0 Å². The van der Waals surface area contributed by atoms with Crippen LogP contribution >= 0.6 is 11.6 Å². The molecule has 3 fully saturated rings. The van der Waals surface area contributed by atoms with E-state index in [0.29, 0.717) is 29.0 Å². The van der Waals surface area contributed by atoms with Crippen molar-refractivity contribution in [2.24, 2.45) is 17.8 Å². The Hall–Kier alpha value is -3.66. The van der Waals surface area contributed by atoms with Crippen molar-refractivity contribution >= 4 is 34.6 Å². The van der Waals surface area contributed by atoms with Crippen LogP contribution in [0.4, 0.5) is 10.2 Å². The normalized spacial score (nSPS) is 22.8. The number of fused-ring (bicyclic) bond motifs is 4. The van der Waals surface area contributed by atoms with Crippen molar-refractivity contribution in [3.63, 3.8) is 0 Å². The first kappa shape index (κ1) is 23.7. The summed E-state index contributed by atoms with van der Waals surface area (Å²) in [6.45, 7) is 2.10. The summed E-state index contributed by atoms with van der Waals surface area (Å²) >= 11 is 6.10. The summed E-state index contributed by atoms with van der Waals surface area (Å²) in [5.74, 6) is -0.560. The van der Waals surface area contributed by atoms with Gasteiger partial charge in [0.1, 0.15) is 16.4 Å². The average molecular weight is 522 g/mol. The molecule has 4 aromatic rings. The molecule has 0 aromatic carbocycles. The molecule has 3 aliphatic rings. The number of aromatic amines is 1. The number of carbonyl (C=O) groups excluding carboxylic acids is 1. The number of pyridine rings is 1. The van der Waals surface area contributed by atoms with Gasteiger partial charge in [0.15, 0.2) is 23.1 Å². The number of anilines is 1. The van der Waals surface area contributed by atoms with E-state index in [1.807, 2.05) is 0 Å². The Bertz CT molecular complexity index is 1460. The number of nitrogens with zero attached hydrogens (tertiary/aromatic N) is 5. The van der Waals surface area contributed by atoms with Gasteiger partial charge in [0.25, 0.3) is 0 Å². The van der Waals surface area contributed by atoms with E-state index in [1.54, 1.807) is 37.5 Å². The summed E-state index contributed by atoms with van der Waals surface area (Å²) in [5.41, 5.74) is 1.91. The highest BCUT2D eigenvalue weighted by Gasteiger charge is 2.48. The molecule has 0 radical (unpaired) electrons. The molecule has 0 amide bonds. The molecule has 2 bridgehead atoms. The van der Waals surface area contributed by atoms with Gasteiger partial charge >= 0.3 is 5.97 Å². The van der Waals surface area contributed by atoms with Crippen LogP contribution < -0.4 is 5.32 Å². The van der Waals surface area contributed by atoms with Gasteiger partial charge in [0.2, 0.25) is 0 Å². The molecule has 0 saturated heterocycles. The summed E-state index contributed by atoms with van der Waals surface area (Å²) in [6, 6.07) is 4.92. The second-order valence-electron chi connectivity index (χ2n) is 9.49. The molecule has 0 aliphatic heterocycles. The Morgan fingerprint density at radius 3 is 2.73 bits per heavy atom. The molecule has 2 atom stereocenters. The number of H-pyrrole nitrogens is 1. The zero-order valence-electron chi connectivity index (χ0n) is 20.1. The predicted octanol–water partition coefficient (Wildman–Crippen LogP) is 5.05. The van der Waals surface area contributed by atoms with Crippen molar-refractivity contribution in [2.45, 2.75) is 38.6 Å². The lowest BCUT2D eigenvalue weighted by Crippen LogP contribution is -2.52. The second-order valence-corrected chi connectivity index (χ2v) is 9.88. The topological polar surface area (TPSA) is 119 Å². The number of ether oxygens (including phenoxy) is 1. The maximum absolute atomic E-state index is 16.0. The van der Waals surface area contributed by atoms with Crippen LogP contribution in [-0.4, -0.2) is 48.5 Å². The Morgan fingerprint density at radius 1 is 1.16 bits per heavy atom. The monoisotopic (exact) mass is 521 g/mol. The first-order valence-electron chi connectivity index (χ1n) is 12.5. The molecule has 11 heteroatoms. The molecule has 2 N–H and O–H groups in total. The van der Waals surface area contributed by atoms with E-state index in [-0.39, 0.29) is 52.3 Å². The van der Waals surface area contributed by atoms with E-state index >= 15 is 4.39 Å². The Kier molecular flexibility index (Phi) is 6.19. The number of halogens is 2. The number of hydrogen-bond acceptors (Lipinski definition) is 8. The third-order valence-electron chi connectivity index (χ3n) is 7.43. The van der Waals surface area contributed by atoms with Gasteiger partial charge in [-0.2, -0.15) is 0 Å². The van der Waals surface area contributed by atoms with Crippen molar-refractivity contribution in [2.75, 3.05) is 11.9 Å². The number of aromatic nitrogens is 6. The smallest absolute Gasteiger partial charge is 0.311 e. The highest BCUT2D eigenvalue weighted by atomic mass is 35.5. The third-order valence-corrected chi connectivity index (χ3v) is 7.61. The van der Waals surface area contributed by atoms with E-state index in [2.05, 4.69) is 35.2 Å². The maximum Gasteiger partial charge on any atom is 0.311 e. The minimum atomic E-state index is -0.629. The highest BCUT2D eigenvalue weighted by molar-refractivity contribution is 6.29. The Morgan fingerprint density at radius 2 is 1.97 bits per heavy atom. The molecule has 0 unspecified atom stereocenters. The van der Waals surface area contributed by atoms with Crippen molar-refractivity contribution in [3.8, 4) is 22.8 Å². The molecule has 4 aromatic heterocycles. The van der Waals surface area contributed by atoms with Crippen LogP contribution in [0.5, 0.6) is 0 Å². The van der Waals surface area contributed by atoms with Crippen LogP contribution in [0.15, 0.2) is 36.8 Å². The fourth-order valence-electron chi connectivity index (χ4n) is 5.77. The number of nitrogens with one attached hydrogen (secondary N) is 2. The average Bonchev–Trinajstić information content (AvgIpc) is 3.34. The molecule has 4 heterocycles. The quantitative estimate of drug-likeness (QED) is 0.338. The minimum absolute atomic E-state index is 0.0156. The van der Waals surface area contributed by atoms with E-state index in [1.165, 1.54) is 6.20 Å². The first-order valence-corrected chi connectivity index (χ1v) is 12.8. The zero-order chi connectivity index (χ0) is 25.5. The Balaban J connectivity index is 1.47. The molecular weight excluding hydrogens is 497 g/mol. The number of hydrogen-bond donors (Lipinski definition) is 2. The van der Waals surface area contributed by atoms with Gasteiger partial charge in [-0.1, -0.05) is 17.7 Å². The molecule has 190 valence electrons. The van der Waals surface area contributed by atoms with Crippen LogP contribution in [0.3, 0.4) is 0 Å². The van der Waals surface area contributed by atoms with Gasteiger partial charge in [-0.15, -0.1) is 0 Å².